The number of hydrogen-bond acceptors (Lipinski definition) is 6. The van der Waals surface area contributed by atoms with Crippen LogP contribution in [0.2, 0.25) is 0 Å². The molecule has 2 aromatic rings. The highest BCUT2D eigenvalue weighted by molar-refractivity contribution is 7.96. The SMILES string of the molecule is Cl.NCCCOc1cccc2c1C(S(=O)(=O)c1ccccc1)CS2(=O)=O. The zero-order chi connectivity index (χ0) is 18.1. The lowest BCUT2D eigenvalue weighted by Gasteiger charge is -2.16. The Labute approximate surface area is 159 Å². The smallest absolute Gasteiger partial charge is 0.186 e. The van der Waals surface area contributed by atoms with E-state index in [1.54, 1.807) is 30.3 Å². The zero-order valence-electron chi connectivity index (χ0n) is 13.9. The van der Waals surface area contributed by atoms with Crippen molar-refractivity contribution in [3.63, 3.8) is 0 Å². The predicted octanol–water partition coefficient (Wildman–Crippen LogP) is 2.14. The topological polar surface area (TPSA) is 104 Å². The van der Waals surface area contributed by atoms with Crippen LogP contribution in [0, 0.1) is 0 Å². The lowest BCUT2D eigenvalue weighted by atomic mass is 10.1. The average Bonchev–Trinajstić information content (AvgIpc) is 2.89. The van der Waals surface area contributed by atoms with Crippen LogP contribution in [0.3, 0.4) is 0 Å². The van der Waals surface area contributed by atoms with E-state index in [0.717, 1.165) is 0 Å². The van der Waals surface area contributed by atoms with E-state index in [0.29, 0.717) is 19.6 Å². The third-order valence-corrected chi connectivity index (χ3v) is 8.20. The van der Waals surface area contributed by atoms with Gasteiger partial charge in [0, 0.05) is 5.56 Å². The van der Waals surface area contributed by atoms with Gasteiger partial charge < -0.3 is 10.5 Å². The molecule has 1 heterocycles. The van der Waals surface area contributed by atoms with Gasteiger partial charge in [-0.15, -0.1) is 12.4 Å². The van der Waals surface area contributed by atoms with E-state index < -0.39 is 30.7 Å². The molecule has 2 aromatic carbocycles. The summed E-state index contributed by atoms with van der Waals surface area (Å²) in [6.45, 7) is 0.726. The largest absolute Gasteiger partial charge is 0.493 e. The highest BCUT2D eigenvalue weighted by atomic mass is 35.5. The second kappa shape index (κ2) is 7.96. The fourth-order valence-electron chi connectivity index (χ4n) is 2.90. The molecule has 0 spiro atoms. The summed E-state index contributed by atoms with van der Waals surface area (Å²) < 4.78 is 56.7. The van der Waals surface area contributed by atoms with Crippen LogP contribution in [0.1, 0.15) is 17.2 Å². The molecule has 1 aliphatic rings. The first kappa shape index (κ1) is 20.7. The number of ether oxygens (including phenoxy) is 1. The summed E-state index contributed by atoms with van der Waals surface area (Å²) in [7, 11) is -7.54. The molecule has 6 nitrogen and oxygen atoms in total. The first-order valence-electron chi connectivity index (χ1n) is 7.85. The Hall–Kier alpha value is -1.61. The van der Waals surface area contributed by atoms with E-state index in [4.69, 9.17) is 10.5 Å². The molecule has 0 saturated heterocycles. The minimum absolute atomic E-state index is 0. The van der Waals surface area contributed by atoms with Crippen LogP contribution in [0.4, 0.5) is 0 Å². The standard InChI is InChI=1S/C17H19NO5S2.ClH/c18-10-5-11-23-14-8-4-9-15-17(14)16(12-24(15,19)20)25(21,22)13-6-2-1-3-7-13;/h1-4,6-9,16H,5,10-12,18H2;1H. The Morgan fingerprint density at radius 2 is 1.77 bits per heavy atom. The maximum Gasteiger partial charge on any atom is 0.186 e. The first-order chi connectivity index (χ1) is 11.9. The molecule has 0 amide bonds. The van der Waals surface area contributed by atoms with E-state index in [9.17, 15) is 16.8 Å². The number of halogens is 1. The van der Waals surface area contributed by atoms with Crippen LogP contribution in [0.5, 0.6) is 5.75 Å². The lowest BCUT2D eigenvalue weighted by Crippen LogP contribution is -2.16. The van der Waals surface area contributed by atoms with Crippen molar-refractivity contribution < 1.29 is 21.6 Å². The van der Waals surface area contributed by atoms with Gasteiger partial charge >= 0.3 is 0 Å². The number of rotatable bonds is 6. The minimum atomic E-state index is -3.86. The van der Waals surface area contributed by atoms with Gasteiger partial charge in [-0.1, -0.05) is 24.3 Å². The van der Waals surface area contributed by atoms with Crippen LogP contribution in [-0.2, 0) is 19.7 Å². The third kappa shape index (κ3) is 3.73. The summed E-state index contributed by atoms with van der Waals surface area (Å²) in [6.07, 6.45) is 0.590. The second-order valence-electron chi connectivity index (χ2n) is 5.79. The summed E-state index contributed by atoms with van der Waals surface area (Å²) >= 11 is 0. The van der Waals surface area contributed by atoms with E-state index in [2.05, 4.69) is 0 Å². The Morgan fingerprint density at radius 3 is 2.42 bits per heavy atom. The highest BCUT2D eigenvalue weighted by Gasteiger charge is 2.45. The molecule has 1 aliphatic heterocycles. The number of benzene rings is 2. The number of nitrogens with two attached hydrogens (primary N) is 1. The zero-order valence-corrected chi connectivity index (χ0v) is 16.3. The van der Waals surface area contributed by atoms with Gasteiger partial charge in [0.15, 0.2) is 19.7 Å². The maximum atomic E-state index is 13.0. The van der Waals surface area contributed by atoms with Crippen molar-refractivity contribution in [2.45, 2.75) is 21.5 Å². The number of hydrogen-bond donors (Lipinski definition) is 1. The van der Waals surface area contributed by atoms with Crippen molar-refractivity contribution in [2.24, 2.45) is 5.73 Å². The normalized spacial score (nSPS) is 18.0. The van der Waals surface area contributed by atoms with Gasteiger partial charge in [-0.3, -0.25) is 0 Å². The molecule has 3 rings (SSSR count). The second-order valence-corrected chi connectivity index (χ2v) is 9.92. The molecule has 0 aliphatic carbocycles. The molecule has 142 valence electrons. The van der Waals surface area contributed by atoms with E-state index in [1.165, 1.54) is 18.2 Å². The van der Waals surface area contributed by atoms with Crippen molar-refractivity contribution >= 4 is 32.1 Å². The molecule has 2 N–H and O–H groups in total. The highest BCUT2D eigenvalue weighted by Crippen LogP contribution is 2.45. The summed E-state index contributed by atoms with van der Waals surface area (Å²) in [5.41, 5.74) is 5.67. The summed E-state index contributed by atoms with van der Waals surface area (Å²) in [4.78, 5) is 0.127. The van der Waals surface area contributed by atoms with Gasteiger partial charge in [0.1, 0.15) is 11.0 Å². The molecular weight excluding hydrogens is 398 g/mol. The third-order valence-electron chi connectivity index (χ3n) is 4.11. The van der Waals surface area contributed by atoms with E-state index in [-0.39, 0.29) is 33.5 Å². The van der Waals surface area contributed by atoms with Gasteiger partial charge in [-0.25, -0.2) is 16.8 Å². The average molecular weight is 418 g/mol. The van der Waals surface area contributed by atoms with Gasteiger partial charge in [-0.2, -0.15) is 0 Å². The first-order valence-corrected chi connectivity index (χ1v) is 11.1. The fourth-order valence-corrected chi connectivity index (χ4v) is 7.25. The van der Waals surface area contributed by atoms with E-state index >= 15 is 0 Å². The molecule has 0 bridgehead atoms. The van der Waals surface area contributed by atoms with Crippen LogP contribution in [0.25, 0.3) is 0 Å². The van der Waals surface area contributed by atoms with Crippen LogP contribution < -0.4 is 10.5 Å². The monoisotopic (exact) mass is 417 g/mol. The van der Waals surface area contributed by atoms with Gasteiger partial charge in [0.25, 0.3) is 0 Å². The molecule has 9 heteroatoms. The molecule has 26 heavy (non-hydrogen) atoms. The molecule has 0 radical (unpaired) electrons. The summed E-state index contributed by atoms with van der Waals surface area (Å²) in [5.74, 6) is -0.187. The van der Waals surface area contributed by atoms with Crippen molar-refractivity contribution in [2.75, 3.05) is 18.9 Å². The van der Waals surface area contributed by atoms with Crippen LogP contribution in [0.15, 0.2) is 58.3 Å². The maximum absolute atomic E-state index is 13.0. The molecule has 1 atom stereocenters. The fraction of sp³-hybridized carbons (Fsp3) is 0.294. The van der Waals surface area contributed by atoms with E-state index in [1.807, 2.05) is 0 Å². The summed E-state index contributed by atoms with van der Waals surface area (Å²) in [6, 6.07) is 12.5. The molecule has 0 saturated carbocycles. The molecule has 1 unspecified atom stereocenters. The Kier molecular flexibility index (Phi) is 6.33. The van der Waals surface area contributed by atoms with Gasteiger partial charge in [0.05, 0.1) is 22.2 Å². The lowest BCUT2D eigenvalue weighted by molar-refractivity contribution is 0.309. The van der Waals surface area contributed by atoms with Crippen molar-refractivity contribution in [3.05, 3.63) is 54.1 Å². The van der Waals surface area contributed by atoms with Crippen molar-refractivity contribution in [1.82, 2.24) is 0 Å². The molecular formula is C17H20ClNO5S2. The Bertz CT molecular complexity index is 975. The number of fused-ring (bicyclic) bond motifs is 1. The quantitative estimate of drug-likeness (QED) is 0.722. The van der Waals surface area contributed by atoms with Gasteiger partial charge in [0.2, 0.25) is 0 Å². The Balaban J connectivity index is 0.00000243. The van der Waals surface area contributed by atoms with Crippen molar-refractivity contribution in [3.8, 4) is 5.75 Å². The summed E-state index contributed by atoms with van der Waals surface area (Å²) in [5, 5.41) is -1.18. The number of sulfone groups is 2. The van der Waals surface area contributed by atoms with Crippen molar-refractivity contribution in [1.29, 1.82) is 0 Å². The Morgan fingerprint density at radius 1 is 1.08 bits per heavy atom. The van der Waals surface area contributed by atoms with Crippen LogP contribution >= 0.6 is 12.4 Å². The minimum Gasteiger partial charge on any atom is -0.493 e. The predicted molar refractivity (Wildman–Crippen MR) is 101 cm³/mol. The van der Waals surface area contributed by atoms with Gasteiger partial charge in [-0.05, 0) is 37.2 Å². The molecule has 0 fully saturated rings. The molecule has 0 aromatic heterocycles. The van der Waals surface area contributed by atoms with Crippen LogP contribution in [-0.4, -0.2) is 35.7 Å².